The van der Waals surface area contributed by atoms with Crippen molar-refractivity contribution in [2.24, 2.45) is 0 Å². The highest BCUT2D eigenvalue weighted by Crippen LogP contribution is 2.22. The van der Waals surface area contributed by atoms with Crippen molar-refractivity contribution >= 4 is 16.0 Å². The summed E-state index contributed by atoms with van der Waals surface area (Å²) in [6.45, 7) is 2.07. The predicted octanol–water partition coefficient (Wildman–Crippen LogP) is 1.76. The molecule has 26 heavy (non-hydrogen) atoms. The summed E-state index contributed by atoms with van der Waals surface area (Å²) in [5, 5.41) is 0. The van der Waals surface area contributed by atoms with Crippen molar-refractivity contribution < 1.29 is 22.3 Å². The molecule has 2 fully saturated rings. The number of halogens is 1. The summed E-state index contributed by atoms with van der Waals surface area (Å²) >= 11 is 0. The number of Topliss-reactive ketones (excluding diaryl/α,β-unsaturated/α-hetero) is 1. The molecule has 0 aliphatic carbocycles. The Balaban J connectivity index is 1.41. The van der Waals surface area contributed by atoms with Gasteiger partial charge in [-0.2, -0.15) is 17.0 Å². The molecule has 8 heteroatoms. The first kappa shape index (κ1) is 19.4. The second-order valence-electron chi connectivity index (χ2n) is 6.87. The molecule has 2 heterocycles. The van der Waals surface area contributed by atoms with E-state index in [0.717, 1.165) is 18.4 Å². The van der Waals surface area contributed by atoms with E-state index >= 15 is 0 Å². The van der Waals surface area contributed by atoms with Gasteiger partial charge in [-0.15, -0.1) is 0 Å². The molecule has 0 radical (unpaired) electrons. The Morgan fingerprint density at radius 3 is 2.23 bits per heavy atom. The van der Waals surface area contributed by atoms with Crippen molar-refractivity contribution in [1.82, 2.24) is 8.61 Å². The van der Waals surface area contributed by atoms with Crippen molar-refractivity contribution in [3.05, 3.63) is 35.6 Å². The number of hydrogen-bond acceptors (Lipinski definition) is 4. The number of benzene rings is 1. The molecule has 6 nitrogen and oxygen atoms in total. The fourth-order valence-electron chi connectivity index (χ4n) is 3.40. The van der Waals surface area contributed by atoms with Crippen LogP contribution < -0.4 is 0 Å². The third-order valence-corrected chi connectivity index (χ3v) is 6.95. The van der Waals surface area contributed by atoms with Gasteiger partial charge in [0.15, 0.2) is 5.78 Å². The first-order chi connectivity index (χ1) is 12.4. The van der Waals surface area contributed by atoms with E-state index in [1.807, 2.05) is 0 Å². The molecule has 0 amide bonds. The molecule has 0 saturated carbocycles. The van der Waals surface area contributed by atoms with Gasteiger partial charge < -0.3 is 4.74 Å². The standard InChI is InChI=1S/C18H25FN2O4S/c19-16-5-3-15(4-6-16)13-17(22)14-25-18-7-11-21(12-8-18)26(23,24)20-9-1-2-10-20/h3-6,18H,1-2,7-14H2. The van der Waals surface area contributed by atoms with Crippen LogP contribution in [0.4, 0.5) is 4.39 Å². The summed E-state index contributed by atoms with van der Waals surface area (Å²) in [6, 6.07) is 5.85. The Kier molecular flexibility index (Phi) is 6.39. The van der Waals surface area contributed by atoms with Gasteiger partial charge in [0.1, 0.15) is 12.4 Å². The minimum Gasteiger partial charge on any atom is -0.370 e. The van der Waals surface area contributed by atoms with Crippen molar-refractivity contribution in [3.63, 3.8) is 0 Å². The summed E-state index contributed by atoms with van der Waals surface area (Å²) in [5.74, 6) is -0.392. The lowest BCUT2D eigenvalue weighted by atomic mass is 10.1. The summed E-state index contributed by atoms with van der Waals surface area (Å²) < 4.78 is 46.7. The molecule has 2 saturated heterocycles. The summed E-state index contributed by atoms with van der Waals surface area (Å²) in [7, 11) is -3.35. The first-order valence-corrected chi connectivity index (χ1v) is 10.5. The van der Waals surface area contributed by atoms with E-state index in [1.165, 1.54) is 16.4 Å². The van der Waals surface area contributed by atoms with Crippen molar-refractivity contribution in [2.45, 2.75) is 38.2 Å². The number of nitrogens with zero attached hydrogens (tertiary/aromatic N) is 2. The van der Waals surface area contributed by atoms with Gasteiger partial charge in [-0.3, -0.25) is 4.79 Å². The number of carbonyl (C=O) groups excluding carboxylic acids is 1. The average molecular weight is 384 g/mol. The fourth-order valence-corrected chi connectivity index (χ4v) is 5.12. The minimum absolute atomic E-state index is 0.000911. The highest BCUT2D eigenvalue weighted by Gasteiger charge is 2.34. The monoisotopic (exact) mass is 384 g/mol. The molecule has 0 spiro atoms. The molecule has 1 aromatic carbocycles. The lowest BCUT2D eigenvalue weighted by Crippen LogP contribution is -2.47. The van der Waals surface area contributed by atoms with Crippen molar-refractivity contribution in [1.29, 1.82) is 0 Å². The average Bonchev–Trinajstić information content (AvgIpc) is 3.18. The van der Waals surface area contributed by atoms with Crippen LogP contribution in [0.3, 0.4) is 0 Å². The van der Waals surface area contributed by atoms with Crippen LogP contribution in [-0.4, -0.2) is 61.7 Å². The normalized spacial score (nSPS) is 20.5. The molecule has 0 N–H and O–H groups in total. The van der Waals surface area contributed by atoms with Gasteiger partial charge in [0.05, 0.1) is 6.10 Å². The third kappa shape index (κ3) is 4.88. The van der Waals surface area contributed by atoms with Gasteiger partial charge in [0, 0.05) is 32.6 Å². The summed E-state index contributed by atoms with van der Waals surface area (Å²) in [6.07, 6.45) is 3.15. The van der Waals surface area contributed by atoms with Crippen LogP contribution in [0.1, 0.15) is 31.2 Å². The fraction of sp³-hybridized carbons (Fsp3) is 0.611. The lowest BCUT2D eigenvalue weighted by molar-refractivity contribution is -0.125. The van der Waals surface area contributed by atoms with Crippen LogP contribution >= 0.6 is 0 Å². The molecular weight excluding hydrogens is 359 g/mol. The molecule has 0 unspecified atom stereocenters. The van der Waals surface area contributed by atoms with Crippen LogP contribution in [-0.2, 0) is 26.2 Å². The number of hydrogen-bond donors (Lipinski definition) is 0. The van der Waals surface area contributed by atoms with Crippen LogP contribution in [0.5, 0.6) is 0 Å². The first-order valence-electron chi connectivity index (χ1n) is 9.08. The molecule has 3 rings (SSSR count). The Morgan fingerprint density at radius 2 is 1.62 bits per heavy atom. The van der Waals surface area contributed by atoms with Crippen LogP contribution in [0.25, 0.3) is 0 Å². The van der Waals surface area contributed by atoms with E-state index in [9.17, 15) is 17.6 Å². The Bertz CT molecular complexity index is 709. The van der Waals surface area contributed by atoms with Gasteiger partial charge in [-0.05, 0) is 43.4 Å². The second-order valence-corrected chi connectivity index (χ2v) is 8.79. The highest BCUT2D eigenvalue weighted by atomic mass is 32.2. The molecule has 2 aliphatic rings. The molecule has 144 valence electrons. The second kappa shape index (κ2) is 8.56. The topological polar surface area (TPSA) is 66.9 Å². The quantitative estimate of drug-likeness (QED) is 0.718. The van der Waals surface area contributed by atoms with E-state index < -0.39 is 10.2 Å². The Hall–Kier alpha value is -1.35. The molecular formula is C18H25FN2O4S. The zero-order valence-corrected chi connectivity index (χ0v) is 15.6. The smallest absolute Gasteiger partial charge is 0.281 e. The van der Waals surface area contributed by atoms with Crippen LogP contribution in [0.2, 0.25) is 0 Å². The van der Waals surface area contributed by atoms with Gasteiger partial charge in [-0.25, -0.2) is 4.39 Å². The Labute approximate surface area is 154 Å². The van der Waals surface area contributed by atoms with Crippen LogP contribution in [0, 0.1) is 5.82 Å². The van der Waals surface area contributed by atoms with Crippen molar-refractivity contribution in [2.75, 3.05) is 32.8 Å². The van der Waals surface area contributed by atoms with E-state index in [2.05, 4.69) is 0 Å². The van der Waals surface area contributed by atoms with Crippen molar-refractivity contribution in [3.8, 4) is 0 Å². The van der Waals surface area contributed by atoms with Gasteiger partial charge in [0.2, 0.25) is 0 Å². The maximum atomic E-state index is 12.9. The zero-order chi connectivity index (χ0) is 18.6. The minimum atomic E-state index is -3.35. The molecule has 0 bridgehead atoms. The molecule has 0 aromatic heterocycles. The van der Waals surface area contributed by atoms with Gasteiger partial charge in [0.25, 0.3) is 10.2 Å². The lowest BCUT2D eigenvalue weighted by Gasteiger charge is -2.33. The largest absolute Gasteiger partial charge is 0.370 e. The Morgan fingerprint density at radius 1 is 1.04 bits per heavy atom. The van der Waals surface area contributed by atoms with Gasteiger partial charge in [-0.1, -0.05) is 12.1 Å². The zero-order valence-electron chi connectivity index (χ0n) is 14.8. The maximum absolute atomic E-state index is 12.9. The van der Waals surface area contributed by atoms with Gasteiger partial charge >= 0.3 is 0 Å². The maximum Gasteiger partial charge on any atom is 0.281 e. The molecule has 2 aliphatic heterocycles. The van der Waals surface area contributed by atoms with E-state index in [-0.39, 0.29) is 30.7 Å². The van der Waals surface area contributed by atoms with Crippen LogP contribution in [0.15, 0.2) is 24.3 Å². The summed E-state index contributed by atoms with van der Waals surface area (Å²) in [5.41, 5.74) is 0.756. The highest BCUT2D eigenvalue weighted by molar-refractivity contribution is 7.86. The number of rotatable bonds is 7. The van der Waals surface area contributed by atoms with E-state index in [4.69, 9.17) is 4.74 Å². The van der Waals surface area contributed by atoms with E-state index in [1.54, 1.807) is 16.4 Å². The SMILES string of the molecule is O=C(COC1CCN(S(=O)(=O)N2CCCC2)CC1)Cc1ccc(F)cc1. The number of ether oxygens (including phenoxy) is 1. The molecule has 1 aromatic rings. The number of ketones is 1. The van der Waals surface area contributed by atoms with E-state index in [0.29, 0.717) is 39.0 Å². The third-order valence-electron chi connectivity index (χ3n) is 4.91. The molecule has 0 atom stereocenters. The summed E-state index contributed by atoms with van der Waals surface area (Å²) in [4.78, 5) is 12.0. The number of piperidine rings is 1. The number of carbonyl (C=O) groups is 1. The predicted molar refractivity (Wildman–Crippen MR) is 95.4 cm³/mol.